The topological polar surface area (TPSA) is 116 Å². The Morgan fingerprint density at radius 1 is 0.656 bits per heavy atom. The van der Waals surface area contributed by atoms with E-state index in [0.29, 0.717) is 38.9 Å². The summed E-state index contributed by atoms with van der Waals surface area (Å²) < 4.78 is 0. The van der Waals surface area contributed by atoms with Crippen LogP contribution in [0.4, 0.5) is 0 Å². The molecular formula is C24H45N3O5. The standard InChI is InChI=1S/C24H45N3O5/c1-3-5-6-10-15-23(30)27(19-4-2)20-22(29)26-18-12-7-9-14-21(28)25-17-13-8-11-16-24(31)32/h3-20H2,1-2H3,(H,25,28)(H,26,29)(H,31,32). The molecule has 186 valence electrons. The minimum atomic E-state index is -0.783. The molecule has 0 rings (SSSR count). The Morgan fingerprint density at radius 3 is 1.81 bits per heavy atom. The van der Waals surface area contributed by atoms with Gasteiger partial charge in [-0.25, -0.2) is 0 Å². The van der Waals surface area contributed by atoms with Crippen LogP contribution in [-0.4, -0.2) is 59.9 Å². The molecule has 0 bridgehead atoms. The average Bonchev–Trinajstić information content (AvgIpc) is 2.75. The van der Waals surface area contributed by atoms with E-state index < -0.39 is 5.97 Å². The molecule has 0 aromatic carbocycles. The summed E-state index contributed by atoms with van der Waals surface area (Å²) >= 11 is 0. The molecule has 0 saturated carbocycles. The van der Waals surface area contributed by atoms with E-state index in [4.69, 9.17) is 5.11 Å². The van der Waals surface area contributed by atoms with Gasteiger partial charge >= 0.3 is 5.97 Å². The molecule has 0 aromatic heterocycles. The number of carbonyl (C=O) groups excluding carboxylic acids is 3. The number of hydrogen-bond donors (Lipinski definition) is 3. The fourth-order valence-electron chi connectivity index (χ4n) is 3.36. The molecule has 0 aliphatic heterocycles. The van der Waals surface area contributed by atoms with E-state index >= 15 is 0 Å². The number of carbonyl (C=O) groups is 4. The van der Waals surface area contributed by atoms with Crippen molar-refractivity contribution in [2.75, 3.05) is 26.2 Å². The van der Waals surface area contributed by atoms with E-state index in [0.717, 1.165) is 64.2 Å². The lowest BCUT2D eigenvalue weighted by Crippen LogP contribution is -2.41. The molecule has 0 radical (unpaired) electrons. The molecule has 0 atom stereocenters. The van der Waals surface area contributed by atoms with Crippen molar-refractivity contribution in [1.82, 2.24) is 15.5 Å². The Morgan fingerprint density at radius 2 is 1.22 bits per heavy atom. The summed E-state index contributed by atoms with van der Waals surface area (Å²) in [6.45, 7) is 6.00. The van der Waals surface area contributed by atoms with Gasteiger partial charge in [-0.2, -0.15) is 0 Å². The van der Waals surface area contributed by atoms with Crippen LogP contribution in [-0.2, 0) is 19.2 Å². The van der Waals surface area contributed by atoms with Gasteiger partial charge < -0.3 is 20.6 Å². The number of aliphatic carboxylic acids is 1. The van der Waals surface area contributed by atoms with Gasteiger partial charge in [0.25, 0.3) is 0 Å². The van der Waals surface area contributed by atoms with Crippen molar-refractivity contribution in [3.05, 3.63) is 0 Å². The number of nitrogens with zero attached hydrogens (tertiary/aromatic N) is 1. The predicted molar refractivity (Wildman–Crippen MR) is 126 cm³/mol. The van der Waals surface area contributed by atoms with Crippen LogP contribution in [0, 0.1) is 0 Å². The molecule has 0 heterocycles. The van der Waals surface area contributed by atoms with E-state index in [1.807, 2.05) is 6.92 Å². The number of hydrogen-bond acceptors (Lipinski definition) is 4. The van der Waals surface area contributed by atoms with Gasteiger partial charge in [0, 0.05) is 38.9 Å². The SMILES string of the molecule is CCCCCCC(=O)N(CCC)CC(=O)NCCCCCC(=O)NCCCCCC(=O)O. The molecule has 8 nitrogen and oxygen atoms in total. The Bertz CT molecular complexity index is 540. The molecular weight excluding hydrogens is 410 g/mol. The predicted octanol–water partition coefficient (Wildman–Crippen LogP) is 3.63. The lowest BCUT2D eigenvalue weighted by atomic mass is 10.1. The number of amides is 3. The Labute approximate surface area is 193 Å². The molecule has 0 spiro atoms. The zero-order chi connectivity index (χ0) is 24.0. The maximum absolute atomic E-state index is 12.3. The van der Waals surface area contributed by atoms with Gasteiger partial charge in [-0.05, 0) is 38.5 Å². The number of nitrogens with one attached hydrogen (secondary N) is 2. The van der Waals surface area contributed by atoms with Gasteiger partial charge in [0.1, 0.15) is 0 Å². The Hall–Kier alpha value is -2.12. The maximum Gasteiger partial charge on any atom is 0.303 e. The van der Waals surface area contributed by atoms with Crippen molar-refractivity contribution < 1.29 is 24.3 Å². The zero-order valence-electron chi connectivity index (χ0n) is 20.3. The van der Waals surface area contributed by atoms with Crippen molar-refractivity contribution in [2.45, 2.75) is 104 Å². The summed E-state index contributed by atoms with van der Waals surface area (Å²) in [5, 5.41) is 14.3. The summed E-state index contributed by atoms with van der Waals surface area (Å²) in [5.41, 5.74) is 0. The molecule has 0 aromatic rings. The molecule has 0 aliphatic rings. The van der Waals surface area contributed by atoms with Crippen molar-refractivity contribution in [1.29, 1.82) is 0 Å². The van der Waals surface area contributed by atoms with Crippen LogP contribution >= 0.6 is 0 Å². The monoisotopic (exact) mass is 455 g/mol. The third-order valence-corrected chi connectivity index (χ3v) is 5.22. The van der Waals surface area contributed by atoms with Crippen molar-refractivity contribution >= 4 is 23.7 Å². The highest BCUT2D eigenvalue weighted by molar-refractivity contribution is 5.84. The number of carboxylic acids is 1. The van der Waals surface area contributed by atoms with Crippen molar-refractivity contribution in [3.8, 4) is 0 Å². The quantitative estimate of drug-likeness (QED) is 0.229. The van der Waals surface area contributed by atoms with Gasteiger partial charge in [0.05, 0.1) is 6.54 Å². The lowest BCUT2D eigenvalue weighted by Gasteiger charge is -2.21. The normalized spacial score (nSPS) is 10.6. The third-order valence-electron chi connectivity index (χ3n) is 5.22. The minimum absolute atomic E-state index is 0.0138. The van der Waals surface area contributed by atoms with Crippen LogP contribution in [0.15, 0.2) is 0 Å². The molecule has 0 fully saturated rings. The fourth-order valence-corrected chi connectivity index (χ4v) is 3.36. The maximum atomic E-state index is 12.3. The fraction of sp³-hybridized carbons (Fsp3) is 0.833. The van der Waals surface area contributed by atoms with Crippen LogP contribution in [0.1, 0.15) is 104 Å². The first-order valence-corrected chi connectivity index (χ1v) is 12.4. The van der Waals surface area contributed by atoms with E-state index in [1.165, 1.54) is 0 Å². The summed E-state index contributed by atoms with van der Waals surface area (Å²) in [7, 11) is 0. The summed E-state index contributed by atoms with van der Waals surface area (Å²) in [6.07, 6.45) is 10.8. The minimum Gasteiger partial charge on any atom is -0.481 e. The summed E-state index contributed by atoms with van der Waals surface area (Å²) in [5.74, 6) is -0.832. The smallest absolute Gasteiger partial charge is 0.303 e. The number of unbranched alkanes of at least 4 members (excludes halogenated alkanes) is 7. The first kappa shape index (κ1) is 29.9. The van der Waals surface area contributed by atoms with E-state index in [2.05, 4.69) is 17.6 Å². The number of rotatable bonds is 21. The van der Waals surface area contributed by atoms with Gasteiger partial charge in [-0.15, -0.1) is 0 Å². The second-order valence-electron chi connectivity index (χ2n) is 8.34. The molecule has 0 aliphatic carbocycles. The molecule has 32 heavy (non-hydrogen) atoms. The van der Waals surface area contributed by atoms with E-state index in [9.17, 15) is 19.2 Å². The molecule has 3 amide bonds. The second kappa shape index (κ2) is 20.8. The third kappa shape index (κ3) is 18.6. The highest BCUT2D eigenvalue weighted by Crippen LogP contribution is 2.06. The second-order valence-corrected chi connectivity index (χ2v) is 8.34. The van der Waals surface area contributed by atoms with Gasteiger partial charge in [-0.1, -0.05) is 46.0 Å². The van der Waals surface area contributed by atoms with Crippen molar-refractivity contribution in [3.63, 3.8) is 0 Å². The Kier molecular flexibility index (Phi) is 19.4. The first-order valence-electron chi connectivity index (χ1n) is 12.4. The lowest BCUT2D eigenvalue weighted by molar-refractivity contribution is -0.137. The highest BCUT2D eigenvalue weighted by atomic mass is 16.4. The van der Waals surface area contributed by atoms with Crippen molar-refractivity contribution in [2.24, 2.45) is 0 Å². The van der Waals surface area contributed by atoms with Crippen LogP contribution in [0.3, 0.4) is 0 Å². The van der Waals surface area contributed by atoms with Gasteiger partial charge in [0.2, 0.25) is 17.7 Å². The zero-order valence-corrected chi connectivity index (χ0v) is 20.3. The van der Waals surface area contributed by atoms with Crippen LogP contribution < -0.4 is 10.6 Å². The summed E-state index contributed by atoms with van der Waals surface area (Å²) in [6, 6.07) is 0. The first-order chi connectivity index (χ1) is 15.4. The number of carboxylic acid groups (broad SMARTS) is 1. The van der Waals surface area contributed by atoms with Gasteiger partial charge in [0.15, 0.2) is 0 Å². The summed E-state index contributed by atoms with van der Waals surface area (Å²) in [4.78, 5) is 48.4. The highest BCUT2D eigenvalue weighted by Gasteiger charge is 2.15. The average molecular weight is 456 g/mol. The van der Waals surface area contributed by atoms with E-state index in [-0.39, 0.29) is 30.7 Å². The molecule has 8 heteroatoms. The molecule has 0 saturated heterocycles. The van der Waals surface area contributed by atoms with Crippen LogP contribution in [0.2, 0.25) is 0 Å². The van der Waals surface area contributed by atoms with Crippen LogP contribution in [0.5, 0.6) is 0 Å². The Balaban J connectivity index is 3.79. The molecule has 0 unspecified atom stereocenters. The van der Waals surface area contributed by atoms with E-state index in [1.54, 1.807) is 4.90 Å². The largest absolute Gasteiger partial charge is 0.481 e. The van der Waals surface area contributed by atoms with Gasteiger partial charge in [-0.3, -0.25) is 19.2 Å². The molecule has 3 N–H and O–H groups in total. The van der Waals surface area contributed by atoms with Crippen LogP contribution in [0.25, 0.3) is 0 Å².